The second kappa shape index (κ2) is 7.02. The van der Waals surface area contributed by atoms with Gasteiger partial charge in [0.15, 0.2) is 16.6 Å². The summed E-state index contributed by atoms with van der Waals surface area (Å²) in [6.07, 6.45) is 2.01. The van der Waals surface area contributed by atoms with Crippen molar-refractivity contribution < 1.29 is 9.47 Å². The fourth-order valence-electron chi connectivity index (χ4n) is 4.32. The van der Waals surface area contributed by atoms with E-state index in [2.05, 4.69) is 46.4 Å². The van der Waals surface area contributed by atoms with Crippen LogP contribution in [0.5, 0.6) is 11.5 Å². The number of ether oxygens (including phenoxy) is 2. The monoisotopic (exact) mass is 393 g/mol. The molecular weight excluding hydrogens is 370 g/mol. The van der Waals surface area contributed by atoms with E-state index in [9.17, 15) is 0 Å². The van der Waals surface area contributed by atoms with Crippen molar-refractivity contribution in [1.82, 2.24) is 15.2 Å². The molecule has 2 N–H and O–H groups in total. The third-order valence-electron chi connectivity index (χ3n) is 5.69. The Morgan fingerprint density at radius 2 is 2.07 bits per heavy atom. The van der Waals surface area contributed by atoms with E-state index in [-0.39, 0.29) is 6.04 Å². The molecule has 2 aliphatic rings. The minimum atomic E-state index is 0.271. The summed E-state index contributed by atoms with van der Waals surface area (Å²) in [7, 11) is 0. The summed E-state index contributed by atoms with van der Waals surface area (Å²) in [5, 5.41) is 5.58. The van der Waals surface area contributed by atoms with Crippen LogP contribution in [0.15, 0.2) is 42.5 Å². The fraction of sp³-hybridized carbons (Fsp3) is 0.318. The van der Waals surface area contributed by atoms with Crippen LogP contribution in [0.4, 0.5) is 0 Å². The van der Waals surface area contributed by atoms with Gasteiger partial charge in [0, 0.05) is 29.7 Å². The van der Waals surface area contributed by atoms with Crippen LogP contribution in [-0.2, 0) is 13.0 Å². The van der Waals surface area contributed by atoms with Crippen LogP contribution in [0.1, 0.15) is 36.2 Å². The van der Waals surface area contributed by atoms with Crippen LogP contribution in [0.3, 0.4) is 0 Å². The van der Waals surface area contributed by atoms with Gasteiger partial charge >= 0.3 is 0 Å². The standard InChI is InChI=1S/C22H23N3O2S/c1-2-18-21-16(15-5-3-4-6-17(15)24-21)9-10-25(18)22(28)23-12-14-7-8-19-20(11-14)27-13-26-19/h3-8,11,18,24H,2,9-10,12-13H2,1H3,(H,23,28). The number of aromatic amines is 1. The van der Waals surface area contributed by atoms with Crippen LogP contribution in [0, 0.1) is 0 Å². The molecule has 2 aliphatic heterocycles. The molecule has 3 heterocycles. The zero-order chi connectivity index (χ0) is 19.1. The van der Waals surface area contributed by atoms with Gasteiger partial charge in [0.2, 0.25) is 6.79 Å². The van der Waals surface area contributed by atoms with E-state index in [0.29, 0.717) is 13.3 Å². The summed E-state index contributed by atoms with van der Waals surface area (Å²) in [5.74, 6) is 1.61. The predicted molar refractivity (Wildman–Crippen MR) is 114 cm³/mol. The Bertz CT molecular complexity index is 1050. The van der Waals surface area contributed by atoms with Gasteiger partial charge in [-0.05, 0) is 54.4 Å². The number of hydrogen-bond acceptors (Lipinski definition) is 3. The van der Waals surface area contributed by atoms with E-state index in [1.165, 1.54) is 22.2 Å². The van der Waals surface area contributed by atoms with Gasteiger partial charge < -0.3 is 24.7 Å². The Morgan fingerprint density at radius 1 is 1.21 bits per heavy atom. The third-order valence-corrected chi connectivity index (χ3v) is 6.07. The number of thiocarbonyl (C=S) groups is 1. The maximum absolute atomic E-state index is 5.77. The van der Waals surface area contributed by atoms with Crippen molar-refractivity contribution in [1.29, 1.82) is 0 Å². The number of rotatable bonds is 3. The molecule has 2 aromatic carbocycles. The van der Waals surface area contributed by atoms with Gasteiger partial charge in [-0.3, -0.25) is 0 Å². The van der Waals surface area contributed by atoms with Crippen molar-refractivity contribution in [2.24, 2.45) is 0 Å². The fourth-order valence-corrected chi connectivity index (χ4v) is 4.61. The molecule has 5 nitrogen and oxygen atoms in total. The van der Waals surface area contributed by atoms with Gasteiger partial charge in [0.1, 0.15) is 0 Å². The summed E-state index contributed by atoms with van der Waals surface area (Å²) in [4.78, 5) is 5.96. The molecule has 0 saturated heterocycles. The molecule has 1 aromatic heterocycles. The Balaban J connectivity index is 1.33. The number of nitrogens with zero attached hydrogens (tertiary/aromatic N) is 1. The van der Waals surface area contributed by atoms with Crippen LogP contribution < -0.4 is 14.8 Å². The first-order valence-electron chi connectivity index (χ1n) is 9.77. The number of nitrogens with one attached hydrogen (secondary N) is 2. The zero-order valence-electron chi connectivity index (χ0n) is 15.8. The minimum absolute atomic E-state index is 0.271. The molecule has 6 heteroatoms. The molecular formula is C22H23N3O2S. The molecule has 0 aliphatic carbocycles. The highest BCUT2D eigenvalue weighted by molar-refractivity contribution is 7.80. The topological polar surface area (TPSA) is 49.5 Å². The molecule has 1 atom stereocenters. The van der Waals surface area contributed by atoms with Crippen LogP contribution >= 0.6 is 12.2 Å². The van der Waals surface area contributed by atoms with Gasteiger partial charge in [0.05, 0.1) is 6.04 Å². The SMILES string of the molecule is CCC1c2[nH]c3ccccc3c2CCN1C(=S)NCc1ccc2c(c1)OCO2. The van der Waals surface area contributed by atoms with Crippen molar-refractivity contribution in [3.05, 3.63) is 59.3 Å². The second-order valence-corrected chi connectivity index (χ2v) is 7.66. The lowest BCUT2D eigenvalue weighted by Crippen LogP contribution is -2.45. The van der Waals surface area contributed by atoms with Gasteiger partial charge in [-0.1, -0.05) is 31.2 Å². The van der Waals surface area contributed by atoms with Gasteiger partial charge in [-0.2, -0.15) is 0 Å². The quantitative estimate of drug-likeness (QED) is 0.651. The number of H-pyrrole nitrogens is 1. The van der Waals surface area contributed by atoms with Gasteiger partial charge in [-0.15, -0.1) is 0 Å². The Labute approximate surface area is 169 Å². The Morgan fingerprint density at radius 3 is 2.96 bits per heavy atom. The summed E-state index contributed by atoms with van der Waals surface area (Å²) in [6.45, 7) is 4.12. The molecule has 28 heavy (non-hydrogen) atoms. The molecule has 0 radical (unpaired) electrons. The van der Waals surface area contributed by atoms with Crippen molar-refractivity contribution in [3.8, 4) is 11.5 Å². The highest BCUT2D eigenvalue weighted by atomic mass is 32.1. The maximum atomic E-state index is 5.77. The summed E-state index contributed by atoms with van der Waals surface area (Å²) < 4.78 is 10.8. The normalized spacial score (nSPS) is 17.6. The molecule has 0 saturated carbocycles. The lowest BCUT2D eigenvalue weighted by Gasteiger charge is -2.37. The lowest BCUT2D eigenvalue weighted by atomic mass is 9.96. The van der Waals surface area contributed by atoms with Crippen molar-refractivity contribution >= 4 is 28.2 Å². The van der Waals surface area contributed by atoms with Crippen LogP contribution in [-0.4, -0.2) is 28.3 Å². The van der Waals surface area contributed by atoms with E-state index < -0.39 is 0 Å². The Kier molecular flexibility index (Phi) is 4.36. The molecule has 0 fully saturated rings. The van der Waals surface area contributed by atoms with E-state index in [0.717, 1.165) is 41.6 Å². The average Bonchev–Trinajstić information content (AvgIpc) is 3.35. The summed E-state index contributed by atoms with van der Waals surface area (Å²) in [6, 6.07) is 14.8. The molecule has 0 amide bonds. The largest absolute Gasteiger partial charge is 0.454 e. The number of benzene rings is 2. The van der Waals surface area contributed by atoms with E-state index in [4.69, 9.17) is 21.7 Å². The van der Waals surface area contributed by atoms with Crippen molar-refractivity contribution in [2.45, 2.75) is 32.4 Å². The minimum Gasteiger partial charge on any atom is -0.454 e. The highest BCUT2D eigenvalue weighted by Gasteiger charge is 2.30. The summed E-state index contributed by atoms with van der Waals surface area (Å²) in [5.41, 5.74) is 5.09. The number of fused-ring (bicyclic) bond motifs is 4. The first-order chi connectivity index (χ1) is 13.7. The van der Waals surface area contributed by atoms with Crippen LogP contribution in [0.2, 0.25) is 0 Å². The van der Waals surface area contributed by atoms with Crippen LogP contribution in [0.25, 0.3) is 10.9 Å². The van der Waals surface area contributed by atoms with Crippen molar-refractivity contribution in [2.75, 3.05) is 13.3 Å². The molecule has 0 bridgehead atoms. The molecule has 5 rings (SSSR count). The molecule has 1 unspecified atom stereocenters. The Hall–Kier alpha value is -2.73. The second-order valence-electron chi connectivity index (χ2n) is 7.28. The number of hydrogen-bond donors (Lipinski definition) is 2. The number of para-hydroxylation sites is 1. The average molecular weight is 394 g/mol. The highest BCUT2D eigenvalue weighted by Crippen LogP contribution is 2.36. The van der Waals surface area contributed by atoms with E-state index in [1.54, 1.807) is 0 Å². The van der Waals surface area contributed by atoms with Gasteiger partial charge in [-0.25, -0.2) is 0 Å². The molecule has 0 spiro atoms. The first-order valence-corrected chi connectivity index (χ1v) is 10.2. The zero-order valence-corrected chi connectivity index (χ0v) is 16.6. The maximum Gasteiger partial charge on any atom is 0.231 e. The smallest absolute Gasteiger partial charge is 0.231 e. The third kappa shape index (κ3) is 2.88. The van der Waals surface area contributed by atoms with Crippen molar-refractivity contribution in [3.63, 3.8) is 0 Å². The molecule has 144 valence electrons. The van der Waals surface area contributed by atoms with E-state index >= 15 is 0 Å². The lowest BCUT2D eigenvalue weighted by molar-refractivity contribution is 0.174. The van der Waals surface area contributed by atoms with Gasteiger partial charge in [0.25, 0.3) is 0 Å². The summed E-state index contributed by atoms with van der Waals surface area (Å²) >= 11 is 5.77. The number of aromatic nitrogens is 1. The first kappa shape index (κ1) is 17.4. The van der Waals surface area contributed by atoms with E-state index in [1.807, 2.05) is 18.2 Å². The predicted octanol–water partition coefficient (Wildman–Crippen LogP) is 4.28. The molecule has 3 aromatic rings.